The van der Waals surface area contributed by atoms with Crippen LogP contribution in [0.3, 0.4) is 0 Å². The Balaban J connectivity index is 1.80. The van der Waals surface area contributed by atoms with Gasteiger partial charge in [-0.05, 0) is 49.7 Å². The molecule has 7 heteroatoms. The van der Waals surface area contributed by atoms with Crippen LogP contribution >= 0.6 is 0 Å². The number of carbonyl (C=O) groups excluding carboxylic acids is 2. The van der Waals surface area contributed by atoms with Crippen molar-refractivity contribution < 1.29 is 14.3 Å². The third-order valence-corrected chi connectivity index (χ3v) is 4.17. The third-order valence-electron chi connectivity index (χ3n) is 4.17. The molecule has 2 rings (SSSR count). The van der Waals surface area contributed by atoms with Crippen LogP contribution in [0.4, 0.5) is 5.69 Å². The van der Waals surface area contributed by atoms with Crippen LogP contribution in [0.1, 0.15) is 29.8 Å². The first-order chi connectivity index (χ1) is 13.6. The van der Waals surface area contributed by atoms with Crippen molar-refractivity contribution in [2.24, 2.45) is 5.10 Å². The summed E-state index contributed by atoms with van der Waals surface area (Å²) < 4.78 is 5.08. The van der Waals surface area contributed by atoms with E-state index >= 15 is 0 Å². The fourth-order valence-electron chi connectivity index (χ4n) is 2.61. The zero-order valence-electron chi connectivity index (χ0n) is 16.4. The molecule has 2 aromatic carbocycles. The second kappa shape index (κ2) is 10.7. The fourth-order valence-corrected chi connectivity index (χ4v) is 2.61. The summed E-state index contributed by atoms with van der Waals surface area (Å²) in [4.78, 5) is 26.1. The highest BCUT2D eigenvalue weighted by Gasteiger charge is 2.08. The molecule has 0 heterocycles. The van der Waals surface area contributed by atoms with Gasteiger partial charge in [-0.15, -0.1) is 0 Å². The first kappa shape index (κ1) is 21.0. The highest BCUT2D eigenvalue weighted by molar-refractivity contribution is 5.96. The number of anilines is 1. The van der Waals surface area contributed by atoms with Gasteiger partial charge in [-0.25, -0.2) is 5.43 Å². The van der Waals surface area contributed by atoms with Gasteiger partial charge in [-0.3, -0.25) is 9.59 Å². The predicted octanol–water partition coefficient (Wildman–Crippen LogP) is 2.42. The lowest BCUT2D eigenvalue weighted by Crippen LogP contribution is -2.34. The van der Waals surface area contributed by atoms with Crippen LogP contribution in [0.5, 0.6) is 5.75 Å². The number of ether oxygens (including phenoxy) is 1. The van der Waals surface area contributed by atoms with Crippen LogP contribution in [0.25, 0.3) is 0 Å². The average molecular weight is 382 g/mol. The maximum absolute atomic E-state index is 12.1. The predicted molar refractivity (Wildman–Crippen MR) is 111 cm³/mol. The molecule has 2 amide bonds. The maximum atomic E-state index is 12.1. The number of hydrogen-bond acceptors (Lipinski definition) is 5. The SMILES string of the molecule is CCN(CC)c1ccc(/C=N\NC(=O)CNC(=O)c2cccc(OC)c2)cc1. The molecule has 0 aliphatic carbocycles. The molecule has 0 bridgehead atoms. The lowest BCUT2D eigenvalue weighted by Gasteiger charge is -2.20. The number of nitrogens with zero attached hydrogens (tertiary/aromatic N) is 2. The van der Waals surface area contributed by atoms with E-state index in [4.69, 9.17) is 4.74 Å². The van der Waals surface area contributed by atoms with E-state index in [1.165, 1.54) is 7.11 Å². The largest absolute Gasteiger partial charge is 0.497 e. The van der Waals surface area contributed by atoms with E-state index < -0.39 is 5.91 Å². The number of hydrazone groups is 1. The van der Waals surface area contributed by atoms with Gasteiger partial charge in [-0.1, -0.05) is 18.2 Å². The Kier molecular flexibility index (Phi) is 8.02. The highest BCUT2D eigenvalue weighted by atomic mass is 16.5. The van der Waals surface area contributed by atoms with Gasteiger partial charge in [-0.2, -0.15) is 5.10 Å². The van der Waals surface area contributed by atoms with Crippen LogP contribution in [0.15, 0.2) is 53.6 Å². The lowest BCUT2D eigenvalue weighted by atomic mass is 10.2. The molecule has 0 saturated carbocycles. The molecule has 0 aliphatic rings. The molecule has 0 fully saturated rings. The van der Waals surface area contributed by atoms with Gasteiger partial charge in [0.15, 0.2) is 0 Å². The summed E-state index contributed by atoms with van der Waals surface area (Å²) in [5, 5.41) is 6.47. The Hall–Kier alpha value is -3.35. The van der Waals surface area contributed by atoms with Crippen molar-refractivity contribution in [2.45, 2.75) is 13.8 Å². The van der Waals surface area contributed by atoms with E-state index in [9.17, 15) is 9.59 Å². The van der Waals surface area contributed by atoms with E-state index in [0.29, 0.717) is 11.3 Å². The lowest BCUT2D eigenvalue weighted by molar-refractivity contribution is -0.120. The minimum atomic E-state index is -0.410. The minimum absolute atomic E-state index is 0.172. The van der Waals surface area contributed by atoms with Crippen LogP contribution in [0.2, 0.25) is 0 Å². The highest BCUT2D eigenvalue weighted by Crippen LogP contribution is 2.14. The molecule has 2 N–H and O–H groups in total. The van der Waals surface area contributed by atoms with E-state index in [2.05, 4.69) is 34.6 Å². The molecule has 28 heavy (non-hydrogen) atoms. The first-order valence-electron chi connectivity index (χ1n) is 9.16. The number of methoxy groups -OCH3 is 1. The second-order valence-electron chi connectivity index (χ2n) is 5.97. The summed E-state index contributed by atoms with van der Waals surface area (Å²) >= 11 is 0. The quantitative estimate of drug-likeness (QED) is 0.515. The zero-order chi connectivity index (χ0) is 20.4. The summed E-state index contributed by atoms with van der Waals surface area (Å²) in [6, 6.07) is 14.6. The summed E-state index contributed by atoms with van der Waals surface area (Å²) in [6.07, 6.45) is 1.56. The van der Waals surface area contributed by atoms with Crippen LogP contribution in [-0.2, 0) is 4.79 Å². The molecule has 0 spiro atoms. The smallest absolute Gasteiger partial charge is 0.259 e. The van der Waals surface area contributed by atoms with Crippen molar-refractivity contribution in [1.82, 2.24) is 10.7 Å². The van der Waals surface area contributed by atoms with Gasteiger partial charge in [0.25, 0.3) is 11.8 Å². The van der Waals surface area contributed by atoms with Crippen molar-refractivity contribution in [3.8, 4) is 5.75 Å². The zero-order valence-corrected chi connectivity index (χ0v) is 16.4. The molecule has 0 unspecified atom stereocenters. The summed E-state index contributed by atoms with van der Waals surface area (Å²) in [6.45, 7) is 5.94. The number of nitrogens with one attached hydrogen (secondary N) is 2. The molecule has 0 aliphatic heterocycles. The standard InChI is InChI=1S/C21H26N4O3/c1-4-25(5-2)18-11-9-16(10-12-18)14-23-24-20(26)15-22-21(27)17-7-6-8-19(13-17)28-3/h6-14H,4-5,15H2,1-3H3,(H,22,27)(H,24,26)/b23-14-. The van der Waals surface area contributed by atoms with Crippen molar-refractivity contribution in [2.75, 3.05) is 31.6 Å². The van der Waals surface area contributed by atoms with E-state index in [1.54, 1.807) is 30.5 Å². The van der Waals surface area contributed by atoms with Gasteiger partial charge >= 0.3 is 0 Å². The van der Waals surface area contributed by atoms with E-state index in [-0.39, 0.29) is 12.5 Å². The summed E-state index contributed by atoms with van der Waals surface area (Å²) in [7, 11) is 1.53. The Morgan fingerprint density at radius 2 is 1.82 bits per heavy atom. The van der Waals surface area contributed by atoms with Gasteiger partial charge in [0.05, 0.1) is 19.9 Å². The molecule has 0 aromatic heterocycles. The fraction of sp³-hybridized carbons (Fsp3) is 0.286. The van der Waals surface area contributed by atoms with Crippen molar-refractivity contribution in [1.29, 1.82) is 0 Å². The molecule has 7 nitrogen and oxygen atoms in total. The average Bonchev–Trinajstić information content (AvgIpc) is 2.74. The van der Waals surface area contributed by atoms with Crippen LogP contribution < -0.4 is 20.4 Å². The minimum Gasteiger partial charge on any atom is -0.497 e. The maximum Gasteiger partial charge on any atom is 0.259 e. The second-order valence-corrected chi connectivity index (χ2v) is 5.97. The topological polar surface area (TPSA) is 83.0 Å². The first-order valence-corrected chi connectivity index (χ1v) is 9.16. The number of carbonyl (C=O) groups is 2. The molecule has 0 atom stereocenters. The molecule has 2 aromatic rings. The van der Waals surface area contributed by atoms with Crippen LogP contribution in [0, 0.1) is 0 Å². The number of rotatable bonds is 9. The van der Waals surface area contributed by atoms with Gasteiger partial charge < -0.3 is 15.0 Å². The van der Waals surface area contributed by atoms with Crippen LogP contribution in [-0.4, -0.2) is 44.8 Å². The van der Waals surface area contributed by atoms with E-state index in [1.807, 2.05) is 24.3 Å². The summed E-state index contributed by atoms with van der Waals surface area (Å²) in [5.74, 6) is -0.189. The number of hydrogen-bond donors (Lipinski definition) is 2. The van der Waals surface area contributed by atoms with Gasteiger partial charge in [0, 0.05) is 24.3 Å². The van der Waals surface area contributed by atoms with Crippen molar-refractivity contribution in [3.05, 3.63) is 59.7 Å². The summed E-state index contributed by atoms with van der Waals surface area (Å²) in [5.41, 5.74) is 4.84. The van der Waals surface area contributed by atoms with Crippen molar-refractivity contribution >= 4 is 23.7 Å². The number of benzene rings is 2. The Bertz CT molecular complexity index is 815. The molecule has 0 radical (unpaired) electrons. The Morgan fingerprint density at radius 3 is 2.46 bits per heavy atom. The molecule has 0 saturated heterocycles. The molecule has 148 valence electrons. The van der Waals surface area contributed by atoms with E-state index in [0.717, 1.165) is 24.3 Å². The Labute approximate surface area is 165 Å². The molecular formula is C21H26N4O3. The van der Waals surface area contributed by atoms with Crippen molar-refractivity contribution in [3.63, 3.8) is 0 Å². The van der Waals surface area contributed by atoms with Gasteiger partial charge in [0.2, 0.25) is 0 Å². The molecular weight excluding hydrogens is 356 g/mol. The monoisotopic (exact) mass is 382 g/mol. The Morgan fingerprint density at radius 1 is 1.11 bits per heavy atom. The third kappa shape index (κ3) is 6.12. The van der Waals surface area contributed by atoms with Gasteiger partial charge in [0.1, 0.15) is 5.75 Å². The normalized spacial score (nSPS) is 10.5. The number of amides is 2.